The second kappa shape index (κ2) is 8.21. The van der Waals surface area contributed by atoms with Crippen LogP contribution in [-0.4, -0.2) is 35.8 Å². The van der Waals surface area contributed by atoms with E-state index in [-0.39, 0.29) is 17.9 Å². The number of likely N-dealkylation sites (tertiary alicyclic amines) is 1. The number of rotatable bonds is 3. The maximum atomic E-state index is 12.9. The number of aryl methyl sites for hydroxylation is 3. The van der Waals surface area contributed by atoms with E-state index in [2.05, 4.69) is 11.4 Å². The molecule has 1 N–H and O–H groups in total. The average molecular weight is 397 g/mol. The van der Waals surface area contributed by atoms with E-state index >= 15 is 0 Å². The molecule has 0 atom stereocenters. The second-order valence-corrected chi connectivity index (χ2v) is 8.87. The summed E-state index contributed by atoms with van der Waals surface area (Å²) in [4.78, 5) is 27.6. The van der Waals surface area contributed by atoms with E-state index in [1.807, 2.05) is 31.7 Å². The summed E-state index contributed by atoms with van der Waals surface area (Å²) in [5, 5.41) is 4.19. The summed E-state index contributed by atoms with van der Waals surface area (Å²) in [7, 11) is 0. The summed E-state index contributed by atoms with van der Waals surface area (Å²) in [5.74, 6) is 0.820. The molecule has 1 aliphatic carbocycles. The first-order valence-corrected chi connectivity index (χ1v) is 11.0. The number of hydrogen-bond donors (Lipinski definition) is 1. The zero-order valence-electron chi connectivity index (χ0n) is 17.8. The minimum Gasteiger partial charge on any atom is -0.450 e. The number of piperidine rings is 1. The topological polar surface area (TPSA) is 62.6 Å². The maximum absolute atomic E-state index is 12.9. The summed E-state index contributed by atoms with van der Waals surface area (Å²) in [5.41, 5.74) is 3.88. The van der Waals surface area contributed by atoms with Crippen LogP contribution in [0.3, 0.4) is 0 Å². The first kappa shape index (κ1) is 20.0. The Balaban J connectivity index is 1.38. The molecule has 4 rings (SSSR count). The Labute approximate surface area is 172 Å². The predicted molar refractivity (Wildman–Crippen MR) is 114 cm³/mol. The lowest BCUT2D eigenvalue weighted by Crippen LogP contribution is -2.48. The van der Waals surface area contributed by atoms with Gasteiger partial charge in [0, 0.05) is 36.0 Å². The monoisotopic (exact) mass is 396 g/mol. The van der Waals surface area contributed by atoms with E-state index in [4.69, 9.17) is 4.42 Å². The Bertz CT molecular complexity index is 916. The standard InChI is InChI=1S/C24H32N2O3/c1-15-9-10-16(2)21-20(15)17(3)22(29-21)23(27)25-19-11-13-26(14-12-19)24(28)18-7-5-4-6-8-18/h9-10,18-19H,4-8,11-14H2,1-3H3,(H,25,27). The Morgan fingerprint density at radius 1 is 0.966 bits per heavy atom. The molecule has 5 heteroatoms. The van der Waals surface area contributed by atoms with Crippen LogP contribution in [-0.2, 0) is 4.79 Å². The van der Waals surface area contributed by atoms with Crippen molar-refractivity contribution in [3.63, 3.8) is 0 Å². The van der Waals surface area contributed by atoms with Crippen LogP contribution in [0.15, 0.2) is 16.5 Å². The molecule has 5 nitrogen and oxygen atoms in total. The van der Waals surface area contributed by atoms with E-state index in [1.165, 1.54) is 19.3 Å². The van der Waals surface area contributed by atoms with Crippen LogP contribution >= 0.6 is 0 Å². The number of carbonyl (C=O) groups is 2. The van der Waals surface area contributed by atoms with Gasteiger partial charge in [-0.15, -0.1) is 0 Å². The molecular weight excluding hydrogens is 364 g/mol. The zero-order chi connectivity index (χ0) is 20.5. The number of carbonyl (C=O) groups excluding carboxylic acids is 2. The van der Waals surface area contributed by atoms with Crippen molar-refractivity contribution < 1.29 is 14.0 Å². The summed E-state index contributed by atoms with van der Waals surface area (Å²) in [6, 6.07) is 4.19. The molecule has 2 aromatic rings. The number of benzene rings is 1. The molecule has 1 saturated carbocycles. The molecule has 0 radical (unpaired) electrons. The quantitative estimate of drug-likeness (QED) is 0.821. The molecule has 1 aliphatic heterocycles. The van der Waals surface area contributed by atoms with Crippen molar-refractivity contribution in [2.24, 2.45) is 5.92 Å². The highest BCUT2D eigenvalue weighted by atomic mass is 16.3. The molecule has 156 valence electrons. The van der Waals surface area contributed by atoms with Crippen LogP contribution in [0, 0.1) is 26.7 Å². The van der Waals surface area contributed by atoms with E-state index in [9.17, 15) is 9.59 Å². The van der Waals surface area contributed by atoms with Gasteiger partial charge >= 0.3 is 0 Å². The molecule has 2 aliphatic rings. The van der Waals surface area contributed by atoms with Gasteiger partial charge < -0.3 is 14.6 Å². The van der Waals surface area contributed by atoms with Crippen LogP contribution in [0.4, 0.5) is 0 Å². The molecule has 2 amide bonds. The van der Waals surface area contributed by atoms with Gasteiger partial charge in [-0.05, 0) is 57.6 Å². The van der Waals surface area contributed by atoms with E-state index in [0.717, 1.165) is 66.4 Å². The molecule has 0 unspecified atom stereocenters. The normalized spacial score (nSPS) is 18.9. The molecule has 2 fully saturated rings. The van der Waals surface area contributed by atoms with Crippen molar-refractivity contribution in [3.8, 4) is 0 Å². The second-order valence-electron chi connectivity index (χ2n) is 8.87. The Morgan fingerprint density at radius 3 is 2.28 bits per heavy atom. The first-order valence-electron chi connectivity index (χ1n) is 11.0. The molecule has 1 aromatic heterocycles. The Kier molecular flexibility index (Phi) is 5.66. The highest BCUT2D eigenvalue weighted by Gasteiger charge is 2.30. The number of fused-ring (bicyclic) bond motifs is 1. The first-order chi connectivity index (χ1) is 14.0. The summed E-state index contributed by atoms with van der Waals surface area (Å²) < 4.78 is 5.98. The predicted octanol–water partition coefficient (Wildman–Crippen LogP) is 4.66. The van der Waals surface area contributed by atoms with Crippen LogP contribution in [0.5, 0.6) is 0 Å². The van der Waals surface area contributed by atoms with Gasteiger partial charge in [0.05, 0.1) is 0 Å². The summed E-state index contributed by atoms with van der Waals surface area (Å²) in [6.45, 7) is 7.48. The van der Waals surface area contributed by atoms with Gasteiger partial charge in [0.2, 0.25) is 5.91 Å². The minimum absolute atomic E-state index is 0.0905. The van der Waals surface area contributed by atoms with Crippen LogP contribution in [0.25, 0.3) is 11.0 Å². The van der Waals surface area contributed by atoms with Gasteiger partial charge in [0.25, 0.3) is 5.91 Å². The third-order valence-corrected chi connectivity index (χ3v) is 6.79. The maximum Gasteiger partial charge on any atom is 0.287 e. The molecule has 29 heavy (non-hydrogen) atoms. The number of amides is 2. The molecular formula is C24H32N2O3. The van der Waals surface area contributed by atoms with Crippen LogP contribution < -0.4 is 5.32 Å². The highest BCUT2D eigenvalue weighted by molar-refractivity contribution is 6.00. The third-order valence-electron chi connectivity index (χ3n) is 6.79. The molecule has 2 heterocycles. The lowest BCUT2D eigenvalue weighted by molar-refractivity contribution is -0.137. The number of nitrogens with one attached hydrogen (secondary N) is 1. The van der Waals surface area contributed by atoms with Gasteiger partial charge in [-0.3, -0.25) is 9.59 Å². The lowest BCUT2D eigenvalue weighted by Gasteiger charge is -2.35. The fraction of sp³-hybridized carbons (Fsp3) is 0.583. The molecule has 1 saturated heterocycles. The fourth-order valence-corrected chi connectivity index (χ4v) is 4.99. The number of nitrogens with zero attached hydrogens (tertiary/aromatic N) is 1. The smallest absolute Gasteiger partial charge is 0.287 e. The van der Waals surface area contributed by atoms with Gasteiger partial charge in [-0.1, -0.05) is 31.4 Å². The van der Waals surface area contributed by atoms with Gasteiger partial charge in [0.1, 0.15) is 5.58 Å². The van der Waals surface area contributed by atoms with Crippen molar-refractivity contribution in [1.82, 2.24) is 10.2 Å². The largest absolute Gasteiger partial charge is 0.450 e. The number of furan rings is 1. The van der Waals surface area contributed by atoms with Crippen molar-refractivity contribution in [1.29, 1.82) is 0 Å². The Hall–Kier alpha value is -2.30. The van der Waals surface area contributed by atoms with Crippen LogP contribution in [0.2, 0.25) is 0 Å². The Morgan fingerprint density at radius 2 is 1.62 bits per heavy atom. The van der Waals surface area contributed by atoms with Crippen LogP contribution in [0.1, 0.15) is 72.2 Å². The average Bonchev–Trinajstić information content (AvgIpc) is 3.10. The zero-order valence-corrected chi connectivity index (χ0v) is 17.8. The van der Waals surface area contributed by atoms with E-state index < -0.39 is 0 Å². The third kappa shape index (κ3) is 3.92. The number of hydrogen-bond acceptors (Lipinski definition) is 3. The highest BCUT2D eigenvalue weighted by Crippen LogP contribution is 2.31. The van der Waals surface area contributed by atoms with E-state index in [0.29, 0.717) is 11.7 Å². The van der Waals surface area contributed by atoms with Gasteiger partial charge in [0.15, 0.2) is 5.76 Å². The molecule has 0 bridgehead atoms. The van der Waals surface area contributed by atoms with Crippen molar-refractivity contribution in [3.05, 3.63) is 34.6 Å². The SMILES string of the molecule is Cc1ccc(C)c2c(C)c(C(=O)NC3CCN(C(=O)C4CCCCC4)CC3)oc12. The van der Waals surface area contributed by atoms with Gasteiger partial charge in [-0.2, -0.15) is 0 Å². The van der Waals surface area contributed by atoms with E-state index in [1.54, 1.807) is 0 Å². The molecule has 0 spiro atoms. The summed E-state index contributed by atoms with van der Waals surface area (Å²) in [6.07, 6.45) is 7.32. The fourth-order valence-electron chi connectivity index (χ4n) is 4.99. The lowest BCUT2D eigenvalue weighted by atomic mass is 9.87. The van der Waals surface area contributed by atoms with Crippen molar-refractivity contribution >= 4 is 22.8 Å². The molecule has 1 aromatic carbocycles. The van der Waals surface area contributed by atoms with Crippen molar-refractivity contribution in [2.45, 2.75) is 71.8 Å². The van der Waals surface area contributed by atoms with Gasteiger partial charge in [-0.25, -0.2) is 0 Å². The minimum atomic E-state index is -0.144. The summed E-state index contributed by atoms with van der Waals surface area (Å²) >= 11 is 0. The van der Waals surface area contributed by atoms with Crippen molar-refractivity contribution in [2.75, 3.05) is 13.1 Å².